The fraction of sp³-hybridized carbons (Fsp3) is 0.500. The molecule has 0 bridgehead atoms. The Bertz CT molecular complexity index is 425. The second-order valence-corrected chi connectivity index (χ2v) is 4.54. The molecule has 0 aromatic heterocycles. The molecular formula is C14H20ClFN2O2. The first-order valence-electron chi connectivity index (χ1n) is 6.62. The number of nitrogens with one attached hydrogen (secondary N) is 1. The normalized spacial score (nSPS) is 14.6. The molecular weight excluding hydrogens is 283 g/mol. The van der Waals surface area contributed by atoms with Crippen molar-refractivity contribution in [2.45, 2.75) is 12.8 Å². The summed E-state index contributed by atoms with van der Waals surface area (Å²) < 4.78 is 18.3. The molecule has 4 nitrogen and oxygen atoms in total. The van der Waals surface area contributed by atoms with Crippen molar-refractivity contribution in [3.63, 3.8) is 0 Å². The number of rotatable bonds is 5. The third kappa shape index (κ3) is 5.35. The maximum atomic E-state index is 12.9. The lowest BCUT2D eigenvalue weighted by atomic mass is 10.2. The Morgan fingerprint density at radius 1 is 1.35 bits per heavy atom. The minimum atomic E-state index is -0.311. The summed E-state index contributed by atoms with van der Waals surface area (Å²) in [6, 6.07) is 6.04. The van der Waals surface area contributed by atoms with Crippen molar-refractivity contribution >= 4 is 18.3 Å². The van der Waals surface area contributed by atoms with E-state index >= 15 is 0 Å². The van der Waals surface area contributed by atoms with E-state index in [1.165, 1.54) is 12.1 Å². The van der Waals surface area contributed by atoms with Crippen molar-refractivity contribution in [3.05, 3.63) is 30.1 Å². The molecule has 112 valence electrons. The molecule has 1 amide bonds. The Morgan fingerprint density at radius 2 is 2.10 bits per heavy atom. The van der Waals surface area contributed by atoms with E-state index in [2.05, 4.69) is 5.32 Å². The third-order valence-electron chi connectivity index (χ3n) is 3.07. The maximum absolute atomic E-state index is 12.9. The Labute approximate surface area is 124 Å². The van der Waals surface area contributed by atoms with Crippen molar-refractivity contribution in [2.24, 2.45) is 0 Å². The van der Waals surface area contributed by atoms with Crippen molar-refractivity contribution in [1.29, 1.82) is 0 Å². The Kier molecular flexibility index (Phi) is 7.33. The molecule has 0 spiro atoms. The van der Waals surface area contributed by atoms with Gasteiger partial charge in [-0.3, -0.25) is 4.79 Å². The quantitative estimate of drug-likeness (QED) is 0.844. The minimum Gasteiger partial charge on any atom is -0.493 e. The van der Waals surface area contributed by atoms with E-state index in [-0.39, 0.29) is 24.1 Å². The molecule has 2 rings (SSSR count). The first kappa shape index (κ1) is 16.7. The molecule has 0 aliphatic carbocycles. The van der Waals surface area contributed by atoms with Crippen LogP contribution in [-0.2, 0) is 4.79 Å². The van der Waals surface area contributed by atoms with Crippen LogP contribution in [0.4, 0.5) is 4.39 Å². The van der Waals surface area contributed by atoms with Crippen LogP contribution in [-0.4, -0.2) is 43.6 Å². The number of benzene rings is 1. The van der Waals surface area contributed by atoms with Crippen LogP contribution in [0.2, 0.25) is 0 Å². The number of hydrogen-bond acceptors (Lipinski definition) is 3. The van der Waals surface area contributed by atoms with Crippen molar-refractivity contribution < 1.29 is 13.9 Å². The molecule has 6 heteroatoms. The fourth-order valence-electron chi connectivity index (χ4n) is 2.04. The van der Waals surface area contributed by atoms with Gasteiger partial charge in [0, 0.05) is 38.7 Å². The predicted molar refractivity (Wildman–Crippen MR) is 77.8 cm³/mol. The summed E-state index contributed by atoms with van der Waals surface area (Å²) in [7, 11) is 0. The van der Waals surface area contributed by atoms with E-state index in [1.807, 2.05) is 4.90 Å². The lowest BCUT2D eigenvalue weighted by Gasteiger charge is -2.27. The van der Waals surface area contributed by atoms with Crippen molar-refractivity contribution in [2.75, 3.05) is 32.8 Å². The monoisotopic (exact) mass is 302 g/mol. The van der Waals surface area contributed by atoms with Gasteiger partial charge >= 0.3 is 0 Å². The van der Waals surface area contributed by atoms with E-state index in [0.29, 0.717) is 25.2 Å². The molecule has 1 aromatic carbocycles. The van der Waals surface area contributed by atoms with E-state index in [9.17, 15) is 9.18 Å². The third-order valence-corrected chi connectivity index (χ3v) is 3.07. The van der Waals surface area contributed by atoms with Crippen LogP contribution in [0, 0.1) is 5.82 Å². The smallest absolute Gasteiger partial charge is 0.222 e. The molecule has 1 fully saturated rings. The first-order chi connectivity index (χ1) is 9.25. The highest BCUT2D eigenvalue weighted by atomic mass is 35.5. The van der Waals surface area contributed by atoms with Crippen LogP contribution in [0.1, 0.15) is 12.8 Å². The Balaban J connectivity index is 0.00000200. The van der Waals surface area contributed by atoms with E-state index in [1.54, 1.807) is 12.1 Å². The molecule has 0 atom stereocenters. The highest BCUT2D eigenvalue weighted by Gasteiger charge is 2.15. The van der Waals surface area contributed by atoms with Crippen LogP contribution < -0.4 is 10.1 Å². The highest BCUT2D eigenvalue weighted by molar-refractivity contribution is 5.85. The molecule has 1 aliphatic rings. The van der Waals surface area contributed by atoms with Crippen LogP contribution in [0.15, 0.2) is 24.3 Å². The summed E-state index contributed by atoms with van der Waals surface area (Å²) in [5.41, 5.74) is 0. The topological polar surface area (TPSA) is 41.6 Å². The van der Waals surface area contributed by atoms with Gasteiger partial charge in [0.2, 0.25) is 5.91 Å². The zero-order valence-electron chi connectivity index (χ0n) is 11.3. The van der Waals surface area contributed by atoms with Gasteiger partial charge in [0.15, 0.2) is 0 Å². The first-order valence-corrected chi connectivity index (χ1v) is 6.62. The van der Waals surface area contributed by atoms with Gasteiger partial charge in [-0.25, -0.2) is 4.39 Å². The fourth-order valence-corrected chi connectivity index (χ4v) is 2.04. The second kappa shape index (κ2) is 8.76. The zero-order chi connectivity index (χ0) is 13.5. The van der Waals surface area contributed by atoms with Crippen LogP contribution >= 0.6 is 12.4 Å². The van der Waals surface area contributed by atoms with Gasteiger partial charge in [-0.05, 0) is 18.6 Å². The predicted octanol–water partition coefficient (Wildman–Crippen LogP) is 1.84. The maximum Gasteiger partial charge on any atom is 0.222 e. The number of carbonyl (C=O) groups is 1. The van der Waals surface area contributed by atoms with E-state index in [4.69, 9.17) is 4.74 Å². The number of ether oxygens (including phenoxy) is 1. The average molecular weight is 303 g/mol. The molecule has 0 radical (unpaired) electrons. The summed E-state index contributed by atoms with van der Waals surface area (Å²) in [4.78, 5) is 13.7. The number of halogens is 2. The summed E-state index contributed by atoms with van der Waals surface area (Å²) in [5.74, 6) is 0.369. The standard InChI is InChI=1S/C14H19FN2O2.ClH/c15-12-3-1-4-13(11-12)19-10-2-5-14(18)17-8-6-16-7-9-17;/h1,3-4,11,16H,2,5-10H2;1H. The van der Waals surface area contributed by atoms with Crippen molar-refractivity contribution in [3.8, 4) is 5.75 Å². The minimum absolute atomic E-state index is 0. The van der Waals surface area contributed by atoms with Gasteiger partial charge in [-0.2, -0.15) is 0 Å². The van der Waals surface area contributed by atoms with E-state index < -0.39 is 0 Å². The molecule has 0 unspecified atom stereocenters. The number of amides is 1. The SMILES string of the molecule is Cl.O=C(CCCOc1cccc(F)c1)N1CCNCC1. The summed E-state index contributed by atoms with van der Waals surface area (Å²) >= 11 is 0. The number of piperazine rings is 1. The van der Waals surface area contributed by atoms with Gasteiger partial charge in [-0.1, -0.05) is 6.07 Å². The summed E-state index contributed by atoms with van der Waals surface area (Å²) in [6.45, 7) is 3.73. The second-order valence-electron chi connectivity index (χ2n) is 4.54. The molecule has 1 N–H and O–H groups in total. The Hall–Kier alpha value is -1.33. The van der Waals surface area contributed by atoms with Gasteiger partial charge in [0.1, 0.15) is 11.6 Å². The molecule has 20 heavy (non-hydrogen) atoms. The molecule has 1 aromatic rings. The lowest BCUT2D eigenvalue weighted by Crippen LogP contribution is -2.46. The number of carbonyl (C=O) groups excluding carboxylic acids is 1. The van der Waals surface area contributed by atoms with Crippen LogP contribution in [0.3, 0.4) is 0 Å². The molecule has 1 aliphatic heterocycles. The van der Waals surface area contributed by atoms with Gasteiger partial charge < -0.3 is 15.0 Å². The molecule has 1 saturated heterocycles. The highest BCUT2D eigenvalue weighted by Crippen LogP contribution is 2.12. The molecule has 1 heterocycles. The lowest BCUT2D eigenvalue weighted by molar-refractivity contribution is -0.132. The number of nitrogens with zero attached hydrogens (tertiary/aromatic N) is 1. The van der Waals surface area contributed by atoms with E-state index in [0.717, 1.165) is 26.2 Å². The summed E-state index contributed by atoms with van der Waals surface area (Å²) in [6.07, 6.45) is 1.13. The van der Waals surface area contributed by atoms with Gasteiger partial charge in [0.25, 0.3) is 0 Å². The van der Waals surface area contributed by atoms with Gasteiger partial charge in [-0.15, -0.1) is 12.4 Å². The largest absolute Gasteiger partial charge is 0.493 e. The van der Waals surface area contributed by atoms with Gasteiger partial charge in [0.05, 0.1) is 6.61 Å². The average Bonchev–Trinajstić information content (AvgIpc) is 2.44. The van der Waals surface area contributed by atoms with Crippen LogP contribution in [0.25, 0.3) is 0 Å². The van der Waals surface area contributed by atoms with Crippen LogP contribution in [0.5, 0.6) is 5.75 Å². The molecule has 0 saturated carbocycles. The number of hydrogen-bond donors (Lipinski definition) is 1. The Morgan fingerprint density at radius 3 is 2.80 bits per heavy atom. The zero-order valence-corrected chi connectivity index (χ0v) is 12.1. The van der Waals surface area contributed by atoms with Crippen molar-refractivity contribution in [1.82, 2.24) is 10.2 Å². The summed E-state index contributed by atoms with van der Waals surface area (Å²) in [5, 5.41) is 3.21.